The second-order valence-electron chi connectivity index (χ2n) is 4.40. The zero-order valence-electron chi connectivity index (χ0n) is 11.9. The van der Waals surface area contributed by atoms with E-state index in [0.29, 0.717) is 16.3 Å². The van der Waals surface area contributed by atoms with Crippen molar-refractivity contribution in [3.05, 3.63) is 46.3 Å². The summed E-state index contributed by atoms with van der Waals surface area (Å²) >= 11 is 7.15. The zero-order chi connectivity index (χ0) is 16.3. The summed E-state index contributed by atoms with van der Waals surface area (Å²) in [5, 5.41) is 2.09. The Labute approximate surface area is 138 Å². The lowest BCUT2D eigenvalue weighted by Crippen LogP contribution is -2.36. The molecular formula is C14H14ClNO4S2. The molecule has 1 aromatic carbocycles. The smallest absolute Gasteiger partial charge is 0.326 e. The molecule has 0 atom stereocenters. The lowest BCUT2D eigenvalue weighted by molar-refractivity contribution is -0.138. The van der Waals surface area contributed by atoms with E-state index in [4.69, 9.17) is 11.6 Å². The second kappa shape index (κ2) is 6.68. The number of hydrogen-bond acceptors (Lipinski definition) is 5. The molecular weight excluding hydrogens is 346 g/mol. The van der Waals surface area contributed by atoms with Gasteiger partial charge in [0.05, 0.1) is 12.8 Å². The number of ether oxygens (including phenoxy) is 1. The van der Waals surface area contributed by atoms with Crippen molar-refractivity contribution in [1.29, 1.82) is 0 Å². The highest BCUT2D eigenvalue weighted by Crippen LogP contribution is 2.32. The number of rotatable bonds is 5. The van der Waals surface area contributed by atoms with Crippen LogP contribution in [0.3, 0.4) is 0 Å². The van der Waals surface area contributed by atoms with E-state index in [-0.39, 0.29) is 4.21 Å². The third-order valence-electron chi connectivity index (χ3n) is 3.05. The molecule has 0 saturated heterocycles. The molecule has 22 heavy (non-hydrogen) atoms. The Balaban J connectivity index is 2.57. The van der Waals surface area contributed by atoms with Crippen molar-refractivity contribution in [2.75, 3.05) is 18.0 Å². The first-order valence-corrected chi connectivity index (χ1v) is 8.96. The van der Waals surface area contributed by atoms with E-state index in [1.165, 1.54) is 13.2 Å². The van der Waals surface area contributed by atoms with Gasteiger partial charge < -0.3 is 4.74 Å². The van der Waals surface area contributed by atoms with E-state index in [9.17, 15) is 13.2 Å². The fourth-order valence-corrected chi connectivity index (χ4v) is 4.61. The number of halogens is 1. The van der Waals surface area contributed by atoms with Crippen molar-refractivity contribution >= 4 is 44.6 Å². The van der Waals surface area contributed by atoms with Gasteiger partial charge in [0.25, 0.3) is 10.0 Å². The minimum atomic E-state index is -3.86. The van der Waals surface area contributed by atoms with Gasteiger partial charge in [-0.15, -0.1) is 11.3 Å². The molecule has 0 aliphatic rings. The quantitative estimate of drug-likeness (QED) is 0.769. The summed E-state index contributed by atoms with van der Waals surface area (Å²) in [5.41, 5.74) is 0.930. The van der Waals surface area contributed by atoms with Gasteiger partial charge in [-0.3, -0.25) is 9.10 Å². The lowest BCUT2D eigenvalue weighted by Gasteiger charge is -2.24. The van der Waals surface area contributed by atoms with Crippen LogP contribution in [0.2, 0.25) is 5.02 Å². The molecule has 0 aliphatic carbocycles. The third-order valence-corrected chi connectivity index (χ3v) is 6.59. The molecule has 8 heteroatoms. The first kappa shape index (κ1) is 16.8. The van der Waals surface area contributed by atoms with Crippen LogP contribution >= 0.6 is 22.9 Å². The predicted octanol–water partition coefficient (Wildman–Crippen LogP) is 3.08. The Morgan fingerprint density at radius 2 is 2.05 bits per heavy atom. The first-order valence-electron chi connectivity index (χ1n) is 6.26. The van der Waals surface area contributed by atoms with Crippen LogP contribution < -0.4 is 4.31 Å². The van der Waals surface area contributed by atoms with Crippen molar-refractivity contribution in [3.8, 4) is 0 Å². The third kappa shape index (κ3) is 3.26. The van der Waals surface area contributed by atoms with E-state index < -0.39 is 22.5 Å². The van der Waals surface area contributed by atoms with Crippen LogP contribution in [0.15, 0.2) is 39.9 Å². The van der Waals surface area contributed by atoms with Gasteiger partial charge in [0, 0.05) is 5.02 Å². The molecule has 0 aliphatic heterocycles. The largest absolute Gasteiger partial charge is 0.468 e. The number of sulfonamides is 1. The van der Waals surface area contributed by atoms with E-state index in [1.54, 1.807) is 36.6 Å². The van der Waals surface area contributed by atoms with Gasteiger partial charge in [-0.25, -0.2) is 8.42 Å². The van der Waals surface area contributed by atoms with Gasteiger partial charge >= 0.3 is 5.97 Å². The second-order valence-corrected chi connectivity index (χ2v) is 7.85. The Bertz CT molecular complexity index is 772. The maximum absolute atomic E-state index is 12.8. The fourth-order valence-electron chi connectivity index (χ4n) is 1.87. The van der Waals surface area contributed by atoms with Gasteiger partial charge in [-0.05, 0) is 36.1 Å². The van der Waals surface area contributed by atoms with Crippen molar-refractivity contribution in [2.45, 2.75) is 11.1 Å². The van der Waals surface area contributed by atoms with Gasteiger partial charge in [0.2, 0.25) is 0 Å². The Morgan fingerprint density at radius 3 is 2.64 bits per heavy atom. The van der Waals surface area contributed by atoms with Crippen LogP contribution in [-0.4, -0.2) is 28.0 Å². The predicted molar refractivity (Wildman–Crippen MR) is 87.1 cm³/mol. The average molecular weight is 360 g/mol. The number of thiophene rings is 1. The standard InChI is InChI=1S/C14H14ClNO4S2/c1-10-11(15)5-3-6-12(10)16(9-13(17)20-2)22(18,19)14-7-4-8-21-14/h3-8H,9H2,1-2H3. The topological polar surface area (TPSA) is 63.7 Å². The van der Waals surface area contributed by atoms with Crippen LogP contribution in [0.5, 0.6) is 0 Å². The van der Waals surface area contributed by atoms with Crippen LogP contribution in [-0.2, 0) is 19.6 Å². The van der Waals surface area contributed by atoms with E-state index in [0.717, 1.165) is 15.6 Å². The van der Waals surface area contributed by atoms with Crippen molar-refractivity contribution < 1.29 is 17.9 Å². The van der Waals surface area contributed by atoms with Crippen molar-refractivity contribution in [1.82, 2.24) is 0 Å². The summed E-state index contributed by atoms with van der Waals surface area (Å²) in [4.78, 5) is 11.7. The molecule has 0 spiro atoms. The lowest BCUT2D eigenvalue weighted by atomic mass is 10.2. The maximum Gasteiger partial charge on any atom is 0.326 e. The molecule has 0 fully saturated rings. The number of carbonyl (C=O) groups is 1. The van der Waals surface area contributed by atoms with E-state index in [2.05, 4.69) is 4.74 Å². The number of nitrogens with zero attached hydrogens (tertiary/aromatic N) is 1. The summed E-state index contributed by atoms with van der Waals surface area (Å²) in [6, 6.07) is 8.03. The molecule has 2 aromatic rings. The summed E-state index contributed by atoms with van der Waals surface area (Å²) in [5.74, 6) is -0.653. The number of carbonyl (C=O) groups excluding carboxylic acids is 1. The minimum Gasteiger partial charge on any atom is -0.468 e. The Morgan fingerprint density at radius 1 is 1.32 bits per heavy atom. The molecule has 0 saturated carbocycles. The number of anilines is 1. The molecule has 0 bridgehead atoms. The molecule has 1 aromatic heterocycles. The summed E-state index contributed by atoms with van der Waals surface area (Å²) < 4.78 is 31.4. The van der Waals surface area contributed by atoms with Crippen molar-refractivity contribution in [3.63, 3.8) is 0 Å². The monoisotopic (exact) mass is 359 g/mol. The van der Waals surface area contributed by atoms with Crippen LogP contribution in [0.25, 0.3) is 0 Å². The summed E-state index contributed by atoms with van der Waals surface area (Å²) in [6.07, 6.45) is 0. The highest BCUT2D eigenvalue weighted by Gasteiger charge is 2.29. The molecule has 0 N–H and O–H groups in total. The number of methoxy groups -OCH3 is 1. The van der Waals surface area contributed by atoms with Crippen LogP contribution in [0.1, 0.15) is 5.56 Å². The molecule has 2 rings (SSSR count). The van der Waals surface area contributed by atoms with Crippen LogP contribution in [0, 0.1) is 6.92 Å². The molecule has 0 amide bonds. The SMILES string of the molecule is COC(=O)CN(c1cccc(Cl)c1C)S(=O)(=O)c1cccs1. The van der Waals surface area contributed by atoms with E-state index >= 15 is 0 Å². The summed E-state index contributed by atoms with van der Waals surface area (Å²) in [7, 11) is -2.65. The van der Waals surface area contributed by atoms with Gasteiger partial charge in [0.15, 0.2) is 0 Å². The first-order chi connectivity index (χ1) is 10.4. The molecule has 0 radical (unpaired) electrons. The minimum absolute atomic E-state index is 0.149. The van der Waals surface area contributed by atoms with Crippen molar-refractivity contribution in [2.24, 2.45) is 0 Å². The molecule has 1 heterocycles. The average Bonchev–Trinajstić information content (AvgIpc) is 3.02. The van der Waals surface area contributed by atoms with E-state index in [1.807, 2.05) is 0 Å². The van der Waals surface area contributed by atoms with Gasteiger partial charge in [0.1, 0.15) is 10.8 Å². The van der Waals surface area contributed by atoms with Gasteiger partial charge in [-0.1, -0.05) is 23.7 Å². The Hall–Kier alpha value is -1.57. The Kier molecular flexibility index (Phi) is 5.10. The van der Waals surface area contributed by atoms with Gasteiger partial charge in [-0.2, -0.15) is 0 Å². The zero-order valence-corrected chi connectivity index (χ0v) is 14.3. The highest BCUT2D eigenvalue weighted by atomic mass is 35.5. The maximum atomic E-state index is 12.8. The van der Waals surface area contributed by atoms with Crippen LogP contribution in [0.4, 0.5) is 5.69 Å². The number of benzene rings is 1. The number of esters is 1. The fraction of sp³-hybridized carbons (Fsp3) is 0.214. The molecule has 5 nitrogen and oxygen atoms in total. The molecule has 0 unspecified atom stereocenters. The summed E-state index contributed by atoms with van der Waals surface area (Å²) in [6.45, 7) is 1.28. The number of hydrogen-bond donors (Lipinski definition) is 0. The highest BCUT2D eigenvalue weighted by molar-refractivity contribution is 7.94. The molecule has 118 valence electrons. The normalized spacial score (nSPS) is 11.2.